The number of carbonyl (C=O) groups excluding carboxylic acids is 1. The molecule has 0 unspecified atom stereocenters. The fourth-order valence-corrected chi connectivity index (χ4v) is 5.82. The molecule has 268 valence electrons. The highest BCUT2D eigenvalue weighted by Crippen LogP contribution is 2.41. The zero-order chi connectivity index (χ0) is 37.5. The second kappa shape index (κ2) is 13.4. The van der Waals surface area contributed by atoms with E-state index < -0.39 is 21.4 Å². The molecule has 8 rings (SSSR count). The molecule has 0 radical (unpaired) electrons. The van der Waals surface area contributed by atoms with E-state index in [0.717, 1.165) is 39.1 Å². The minimum absolute atomic E-state index is 0.00437. The molecule has 15 nitrogen and oxygen atoms in total. The average Bonchev–Trinajstić information content (AvgIpc) is 3.83. The summed E-state index contributed by atoms with van der Waals surface area (Å²) in [6.45, 7) is 5.33. The van der Waals surface area contributed by atoms with Gasteiger partial charge in [-0.3, -0.25) is 14.8 Å². The first-order valence-electron chi connectivity index (χ1n) is 15.4. The molecule has 0 amide bonds. The van der Waals surface area contributed by atoms with Crippen LogP contribution in [0.4, 0.5) is 24.5 Å². The van der Waals surface area contributed by atoms with Crippen molar-refractivity contribution >= 4 is 60.2 Å². The lowest BCUT2D eigenvalue weighted by Crippen LogP contribution is -2.28. The van der Waals surface area contributed by atoms with E-state index in [1.54, 1.807) is 18.6 Å². The third-order valence-electron chi connectivity index (χ3n) is 7.54. The third-order valence-corrected chi connectivity index (χ3v) is 8.50. The van der Waals surface area contributed by atoms with Crippen molar-refractivity contribution in [2.75, 3.05) is 5.32 Å². The van der Waals surface area contributed by atoms with Crippen LogP contribution in [0.15, 0.2) is 94.7 Å². The third kappa shape index (κ3) is 6.71. The number of fused-ring (bicyclic) bond motifs is 3. The number of benzene rings is 1. The molecule has 0 atom stereocenters. The molecule has 0 saturated carbocycles. The normalized spacial score (nSPS) is 11.8. The summed E-state index contributed by atoms with van der Waals surface area (Å²) < 4.78 is 77.3. The van der Waals surface area contributed by atoms with E-state index >= 15 is 0 Å². The Bertz CT molecular complexity index is 2750. The van der Waals surface area contributed by atoms with E-state index in [1.165, 1.54) is 48.5 Å². The highest BCUT2D eigenvalue weighted by Gasteiger charge is 2.49. The first kappa shape index (κ1) is 34.7. The van der Waals surface area contributed by atoms with Crippen LogP contribution in [0.1, 0.15) is 23.1 Å². The van der Waals surface area contributed by atoms with Gasteiger partial charge in [-0.2, -0.15) is 26.7 Å². The summed E-state index contributed by atoms with van der Waals surface area (Å²) in [7, 11) is -5.88. The van der Waals surface area contributed by atoms with Gasteiger partial charge in [0.05, 0.1) is 35.2 Å². The molecule has 19 heteroatoms. The number of halogens is 3. The van der Waals surface area contributed by atoms with E-state index in [9.17, 15) is 26.4 Å². The van der Waals surface area contributed by atoms with Gasteiger partial charge in [0.25, 0.3) is 0 Å². The fourth-order valence-electron chi connectivity index (χ4n) is 5.34. The second-order valence-corrected chi connectivity index (χ2v) is 12.8. The van der Waals surface area contributed by atoms with E-state index in [0.29, 0.717) is 17.2 Å². The molecule has 0 aliphatic heterocycles. The topological polar surface area (TPSA) is 194 Å². The number of furan rings is 2. The Labute approximate surface area is 296 Å². The molecule has 1 aromatic carbocycles. The lowest BCUT2D eigenvalue weighted by Gasteiger charge is -2.09. The summed E-state index contributed by atoms with van der Waals surface area (Å²) in [4.78, 5) is 36.5. The average molecular weight is 744 g/mol. The van der Waals surface area contributed by atoms with Crippen molar-refractivity contribution in [3.05, 3.63) is 97.2 Å². The summed E-state index contributed by atoms with van der Waals surface area (Å²) in [6, 6.07) is 12.2. The number of alkyl halides is 3. The molecule has 0 aliphatic rings. The molecule has 0 saturated heterocycles. The van der Waals surface area contributed by atoms with Crippen molar-refractivity contribution in [1.29, 1.82) is 0 Å². The first-order valence-corrected chi connectivity index (χ1v) is 16.8. The summed E-state index contributed by atoms with van der Waals surface area (Å²) in [5.41, 5.74) is -0.958. The molecule has 7 aromatic heterocycles. The largest absolute Gasteiger partial charge is 0.534 e. The van der Waals surface area contributed by atoms with Gasteiger partial charge in [-0.15, -0.1) is 0 Å². The number of aromatic nitrogens is 8. The number of anilines is 2. The molecule has 0 fully saturated rings. The number of rotatable bonds is 6. The lowest BCUT2D eigenvalue weighted by molar-refractivity contribution is -0.0499. The van der Waals surface area contributed by atoms with Crippen LogP contribution >= 0.6 is 0 Å². The Morgan fingerprint density at radius 3 is 2.11 bits per heavy atom. The predicted molar refractivity (Wildman–Crippen MR) is 184 cm³/mol. The maximum absolute atomic E-state index is 12.6. The minimum atomic E-state index is -5.88. The van der Waals surface area contributed by atoms with Crippen LogP contribution in [-0.4, -0.2) is 59.5 Å². The van der Waals surface area contributed by atoms with Crippen molar-refractivity contribution in [3.8, 4) is 28.9 Å². The fraction of sp³-hybridized carbons (Fsp3) is 0.118. The standard InChI is InChI=1S/C22H18N6O2.C12H6F3N3O4S/c1-12-9-13(2)26-22(25-12)21-20(15-7-8-23-11-19(15)30-21)27-17-5-4-6-18-16(17)10-24-28(18)14(3)29;13-12(14,15)23(19,20)22-9-7-2-5-16-6-8(7)21-10(9)11-17-3-1-4-18-11/h4-11,27H,1-3H3;1-6H. The van der Waals surface area contributed by atoms with E-state index in [1.807, 2.05) is 44.2 Å². The van der Waals surface area contributed by atoms with Crippen LogP contribution in [0.5, 0.6) is 5.75 Å². The Balaban J connectivity index is 0.000000170. The SMILES string of the molecule is CC(=O)n1ncc2c(Nc3c(-c4nc(C)cc(C)n4)oc4cnccc34)cccc21.O=S(=O)(Oc1c(-c2ncccn2)oc2cnccc12)C(F)(F)F. The Hall–Kier alpha value is -6.76. The Morgan fingerprint density at radius 1 is 0.811 bits per heavy atom. The van der Waals surface area contributed by atoms with Crippen molar-refractivity contribution in [3.63, 3.8) is 0 Å². The molecular formula is C34H24F3N9O6S. The second-order valence-electron chi connectivity index (χ2n) is 11.3. The van der Waals surface area contributed by atoms with Crippen LogP contribution < -0.4 is 9.50 Å². The number of nitrogens with zero attached hydrogens (tertiary/aromatic N) is 8. The summed E-state index contributed by atoms with van der Waals surface area (Å²) >= 11 is 0. The Morgan fingerprint density at radius 2 is 1.45 bits per heavy atom. The summed E-state index contributed by atoms with van der Waals surface area (Å²) in [5, 5.41) is 9.36. The van der Waals surface area contributed by atoms with Gasteiger partial charge in [-0.1, -0.05) is 6.07 Å². The van der Waals surface area contributed by atoms with Gasteiger partial charge in [0.15, 0.2) is 34.3 Å². The summed E-state index contributed by atoms with van der Waals surface area (Å²) in [6.07, 6.45) is 10.1. The van der Waals surface area contributed by atoms with E-state index in [4.69, 9.17) is 8.83 Å². The van der Waals surface area contributed by atoms with Crippen molar-refractivity contribution in [2.24, 2.45) is 0 Å². The minimum Gasteiger partial charge on any atom is -0.449 e. The van der Waals surface area contributed by atoms with Crippen LogP contribution in [-0.2, 0) is 10.1 Å². The van der Waals surface area contributed by atoms with Gasteiger partial charge in [0.2, 0.25) is 11.7 Å². The van der Waals surface area contributed by atoms with Crippen molar-refractivity contribution in [2.45, 2.75) is 26.3 Å². The number of hydrogen-bond donors (Lipinski definition) is 1. The van der Waals surface area contributed by atoms with Gasteiger partial charge in [-0.25, -0.2) is 24.6 Å². The smallest absolute Gasteiger partial charge is 0.449 e. The maximum Gasteiger partial charge on any atom is 0.534 e. The van der Waals surface area contributed by atoms with E-state index in [-0.39, 0.29) is 28.5 Å². The molecule has 8 aromatic rings. The van der Waals surface area contributed by atoms with Gasteiger partial charge >= 0.3 is 15.6 Å². The highest BCUT2D eigenvalue weighted by atomic mass is 32.2. The summed E-state index contributed by atoms with van der Waals surface area (Å²) in [5.74, 6) is -0.242. The molecule has 0 bridgehead atoms. The molecular weight excluding hydrogens is 719 g/mol. The zero-order valence-corrected chi connectivity index (χ0v) is 28.5. The van der Waals surface area contributed by atoms with Gasteiger partial charge in [-0.05, 0) is 50.2 Å². The predicted octanol–water partition coefficient (Wildman–Crippen LogP) is 7.17. The van der Waals surface area contributed by atoms with Crippen molar-refractivity contribution in [1.82, 2.24) is 39.7 Å². The number of nitrogens with one attached hydrogen (secondary N) is 1. The zero-order valence-electron chi connectivity index (χ0n) is 27.7. The van der Waals surface area contributed by atoms with Crippen LogP contribution in [0.3, 0.4) is 0 Å². The van der Waals surface area contributed by atoms with Gasteiger partial charge in [0.1, 0.15) is 0 Å². The van der Waals surface area contributed by atoms with Gasteiger partial charge < -0.3 is 18.3 Å². The van der Waals surface area contributed by atoms with Crippen LogP contribution in [0, 0.1) is 13.8 Å². The first-order chi connectivity index (χ1) is 25.3. The molecule has 53 heavy (non-hydrogen) atoms. The lowest BCUT2D eigenvalue weighted by atomic mass is 10.2. The van der Waals surface area contributed by atoms with Crippen LogP contribution in [0.2, 0.25) is 0 Å². The molecule has 7 heterocycles. The molecule has 0 aliphatic carbocycles. The molecule has 1 N–H and O–H groups in total. The Kier molecular flexibility index (Phi) is 8.78. The quantitative estimate of drug-likeness (QED) is 0.133. The monoisotopic (exact) mass is 743 g/mol. The number of carbonyl (C=O) groups is 1. The van der Waals surface area contributed by atoms with Crippen molar-refractivity contribution < 1.29 is 39.4 Å². The van der Waals surface area contributed by atoms with Gasteiger partial charge in [0, 0.05) is 59.6 Å². The highest BCUT2D eigenvalue weighted by molar-refractivity contribution is 7.88. The number of hydrogen-bond acceptors (Lipinski definition) is 14. The van der Waals surface area contributed by atoms with E-state index in [2.05, 4.69) is 44.5 Å². The number of aryl methyl sites for hydroxylation is 2. The molecule has 0 spiro atoms. The van der Waals surface area contributed by atoms with Crippen LogP contribution in [0.25, 0.3) is 56.0 Å². The number of pyridine rings is 2. The maximum atomic E-state index is 12.6.